The van der Waals surface area contributed by atoms with Crippen LogP contribution in [0, 0.1) is 0 Å². The summed E-state index contributed by atoms with van der Waals surface area (Å²) in [7, 11) is 0. The van der Waals surface area contributed by atoms with Gasteiger partial charge in [0.05, 0.1) is 5.69 Å². The first-order valence-electron chi connectivity index (χ1n) is 3.93. The van der Waals surface area contributed by atoms with Gasteiger partial charge >= 0.3 is 0 Å². The molecule has 2 rings (SSSR count). The number of allylic oxidation sites excluding steroid dienone is 4. The van der Waals surface area contributed by atoms with E-state index in [0.717, 1.165) is 12.2 Å². The van der Waals surface area contributed by atoms with Crippen molar-refractivity contribution in [3.8, 4) is 0 Å². The third-order valence-electron chi connectivity index (χ3n) is 1.94. The van der Waals surface area contributed by atoms with Gasteiger partial charge in [0.15, 0.2) is 0 Å². The number of pyridine rings is 1. The van der Waals surface area contributed by atoms with Gasteiger partial charge in [-0.1, -0.05) is 6.07 Å². The molecule has 0 atom stereocenters. The van der Waals surface area contributed by atoms with Crippen molar-refractivity contribution in [2.45, 2.75) is 5.92 Å². The van der Waals surface area contributed by atoms with Crippen LogP contribution in [0.1, 0.15) is 11.6 Å². The summed E-state index contributed by atoms with van der Waals surface area (Å²) in [5.74, 6) is -1.89. The summed E-state index contributed by atoms with van der Waals surface area (Å²) in [5.41, 5.74) is 0.405. The fourth-order valence-corrected chi connectivity index (χ4v) is 1.31. The quantitative estimate of drug-likeness (QED) is 0.645. The molecule has 0 unspecified atom stereocenters. The summed E-state index contributed by atoms with van der Waals surface area (Å²) in [5, 5.41) is 0. The Bertz CT molecular complexity index is 350. The van der Waals surface area contributed by atoms with Crippen molar-refractivity contribution < 1.29 is 8.78 Å². The zero-order valence-electron chi connectivity index (χ0n) is 6.74. The zero-order chi connectivity index (χ0) is 9.26. The Morgan fingerprint density at radius 1 is 1.08 bits per heavy atom. The predicted molar refractivity (Wildman–Crippen MR) is 45.4 cm³/mol. The molecular formula is C10H7F2N. The van der Waals surface area contributed by atoms with Gasteiger partial charge in [-0.25, -0.2) is 8.78 Å². The first-order valence-corrected chi connectivity index (χ1v) is 3.93. The molecular weight excluding hydrogens is 172 g/mol. The van der Waals surface area contributed by atoms with E-state index in [9.17, 15) is 8.78 Å². The van der Waals surface area contributed by atoms with E-state index in [-0.39, 0.29) is 0 Å². The van der Waals surface area contributed by atoms with Crippen molar-refractivity contribution in [1.82, 2.24) is 4.98 Å². The van der Waals surface area contributed by atoms with Crippen molar-refractivity contribution in [3.05, 3.63) is 53.9 Å². The maximum Gasteiger partial charge on any atom is 0.116 e. The van der Waals surface area contributed by atoms with Crippen molar-refractivity contribution in [1.29, 1.82) is 0 Å². The van der Waals surface area contributed by atoms with Gasteiger partial charge in [-0.15, -0.1) is 0 Å². The molecule has 66 valence electrons. The number of hydrogen-bond donors (Lipinski definition) is 0. The minimum absolute atomic E-state index is 0.405. The third-order valence-corrected chi connectivity index (χ3v) is 1.94. The van der Waals surface area contributed by atoms with Crippen LogP contribution in [0.4, 0.5) is 8.78 Å². The molecule has 1 aliphatic rings. The lowest BCUT2D eigenvalue weighted by Gasteiger charge is -2.07. The molecule has 1 nitrogen and oxygen atoms in total. The third kappa shape index (κ3) is 1.37. The molecule has 0 radical (unpaired) electrons. The number of halogens is 2. The summed E-state index contributed by atoms with van der Waals surface area (Å²) < 4.78 is 26.1. The maximum absolute atomic E-state index is 13.1. The van der Waals surface area contributed by atoms with Gasteiger partial charge in [0.1, 0.15) is 17.6 Å². The molecule has 1 aromatic heterocycles. The van der Waals surface area contributed by atoms with Gasteiger partial charge in [-0.2, -0.15) is 0 Å². The zero-order valence-corrected chi connectivity index (χ0v) is 6.74. The molecule has 0 saturated heterocycles. The van der Waals surface area contributed by atoms with Crippen LogP contribution >= 0.6 is 0 Å². The highest BCUT2D eigenvalue weighted by molar-refractivity contribution is 5.37. The average molecular weight is 179 g/mol. The lowest BCUT2D eigenvalue weighted by atomic mass is 10.1. The largest absolute Gasteiger partial charge is 0.260 e. The van der Waals surface area contributed by atoms with E-state index in [0.29, 0.717) is 5.69 Å². The predicted octanol–water partition coefficient (Wildman–Crippen LogP) is 2.89. The van der Waals surface area contributed by atoms with Crippen LogP contribution in [0.2, 0.25) is 0 Å². The second-order valence-electron chi connectivity index (χ2n) is 2.79. The van der Waals surface area contributed by atoms with Gasteiger partial charge in [0.2, 0.25) is 0 Å². The normalized spacial score (nSPS) is 17.1. The Kier molecular flexibility index (Phi) is 1.93. The van der Waals surface area contributed by atoms with Crippen LogP contribution in [-0.2, 0) is 0 Å². The number of nitrogens with zero attached hydrogens (tertiary/aromatic N) is 1. The lowest BCUT2D eigenvalue weighted by Crippen LogP contribution is -1.99. The fourth-order valence-electron chi connectivity index (χ4n) is 1.31. The van der Waals surface area contributed by atoms with Gasteiger partial charge in [0.25, 0.3) is 0 Å². The van der Waals surface area contributed by atoms with Gasteiger partial charge < -0.3 is 0 Å². The second-order valence-corrected chi connectivity index (χ2v) is 2.79. The van der Waals surface area contributed by atoms with E-state index in [2.05, 4.69) is 4.98 Å². The Hall–Kier alpha value is -1.51. The fraction of sp³-hybridized carbons (Fsp3) is 0.100. The Morgan fingerprint density at radius 3 is 2.31 bits per heavy atom. The minimum atomic E-state index is -0.916. The van der Waals surface area contributed by atoms with E-state index in [1.54, 1.807) is 18.2 Å². The highest BCUT2D eigenvalue weighted by Gasteiger charge is 2.26. The van der Waals surface area contributed by atoms with Crippen LogP contribution in [0.5, 0.6) is 0 Å². The molecule has 1 heterocycles. The molecule has 0 amide bonds. The maximum atomic E-state index is 13.1. The Labute approximate surface area is 74.4 Å². The SMILES string of the molecule is FC1=CC=C(F)C1c1ccccn1. The van der Waals surface area contributed by atoms with Crippen LogP contribution in [-0.4, -0.2) is 4.98 Å². The molecule has 3 heteroatoms. The monoisotopic (exact) mass is 179 g/mol. The van der Waals surface area contributed by atoms with Crippen molar-refractivity contribution in [2.75, 3.05) is 0 Å². The molecule has 0 saturated carbocycles. The summed E-state index contributed by atoms with van der Waals surface area (Å²) in [4.78, 5) is 3.90. The smallest absolute Gasteiger partial charge is 0.116 e. The van der Waals surface area contributed by atoms with E-state index in [1.165, 1.54) is 6.20 Å². The van der Waals surface area contributed by atoms with Crippen LogP contribution in [0.3, 0.4) is 0 Å². The summed E-state index contributed by atoms with van der Waals surface area (Å²) in [6.07, 6.45) is 3.79. The highest BCUT2D eigenvalue weighted by atomic mass is 19.1. The van der Waals surface area contributed by atoms with Gasteiger partial charge in [0, 0.05) is 6.20 Å². The van der Waals surface area contributed by atoms with E-state index < -0.39 is 17.6 Å². The molecule has 0 fully saturated rings. The molecule has 13 heavy (non-hydrogen) atoms. The summed E-state index contributed by atoms with van der Waals surface area (Å²) in [6.45, 7) is 0. The van der Waals surface area contributed by atoms with E-state index in [4.69, 9.17) is 0 Å². The summed E-state index contributed by atoms with van der Waals surface area (Å²) >= 11 is 0. The van der Waals surface area contributed by atoms with Crippen molar-refractivity contribution in [2.24, 2.45) is 0 Å². The van der Waals surface area contributed by atoms with E-state index in [1.807, 2.05) is 0 Å². The number of hydrogen-bond acceptors (Lipinski definition) is 1. The first-order chi connectivity index (χ1) is 6.29. The Morgan fingerprint density at radius 2 is 1.77 bits per heavy atom. The minimum Gasteiger partial charge on any atom is -0.260 e. The molecule has 0 N–H and O–H groups in total. The van der Waals surface area contributed by atoms with Crippen molar-refractivity contribution >= 4 is 0 Å². The molecule has 0 bridgehead atoms. The van der Waals surface area contributed by atoms with Gasteiger partial charge in [-0.05, 0) is 24.3 Å². The van der Waals surface area contributed by atoms with Crippen LogP contribution in [0.25, 0.3) is 0 Å². The number of aromatic nitrogens is 1. The second kappa shape index (κ2) is 3.09. The average Bonchev–Trinajstić information content (AvgIpc) is 2.48. The standard InChI is InChI=1S/C10H7F2N/c11-7-4-5-8(12)10(7)9-3-1-2-6-13-9/h1-6,10H. The number of rotatable bonds is 1. The topological polar surface area (TPSA) is 12.9 Å². The van der Waals surface area contributed by atoms with Crippen LogP contribution < -0.4 is 0 Å². The Balaban J connectivity index is 2.38. The lowest BCUT2D eigenvalue weighted by molar-refractivity contribution is 0.507. The highest BCUT2D eigenvalue weighted by Crippen LogP contribution is 2.36. The van der Waals surface area contributed by atoms with E-state index >= 15 is 0 Å². The molecule has 0 spiro atoms. The van der Waals surface area contributed by atoms with Gasteiger partial charge in [-0.3, -0.25) is 4.98 Å². The van der Waals surface area contributed by atoms with Crippen LogP contribution in [0.15, 0.2) is 48.2 Å². The summed E-state index contributed by atoms with van der Waals surface area (Å²) in [6, 6.07) is 5.03. The molecule has 0 aromatic carbocycles. The molecule has 0 aliphatic heterocycles. The molecule has 1 aromatic rings. The molecule has 1 aliphatic carbocycles. The van der Waals surface area contributed by atoms with Crippen molar-refractivity contribution in [3.63, 3.8) is 0 Å². The first kappa shape index (κ1) is 8.10.